The van der Waals surface area contributed by atoms with E-state index in [0.717, 1.165) is 16.7 Å². The van der Waals surface area contributed by atoms with E-state index in [-0.39, 0.29) is 46.5 Å². The summed E-state index contributed by atoms with van der Waals surface area (Å²) >= 11 is 0. The SMILES string of the molecule is COc1ccc(C(OC[C@H]2O[C@@H](n3cnc4c(=O)[nH]c(NCC(C)C)nc43)C[C@@H]2OP(C)OC[C@H]2O[C@@H](n3cnc4c(=O)[nH]c(NCC(C)C)nc43)C[C@@H]2O[Si](C)(C)C(C)(C)C)(c2ccccc2)c2ccc(OC)cc2)cc1. The van der Waals surface area contributed by atoms with Gasteiger partial charge in [0.05, 0.1) is 52.3 Å². The highest BCUT2D eigenvalue weighted by atomic mass is 31.2. The number of hydrogen-bond donors (Lipinski definition) is 4. The molecule has 418 valence electrons. The number of anilines is 2. The molecule has 22 heteroatoms. The average molecular weight is 1110 g/mol. The Morgan fingerprint density at radius 2 is 1.15 bits per heavy atom. The van der Waals surface area contributed by atoms with Gasteiger partial charge >= 0.3 is 0 Å². The summed E-state index contributed by atoms with van der Waals surface area (Å²) < 4.78 is 57.0. The highest BCUT2D eigenvalue weighted by Crippen LogP contribution is 2.47. The number of H-pyrrole nitrogens is 2. The van der Waals surface area contributed by atoms with Crippen LogP contribution in [0, 0.1) is 11.8 Å². The number of rotatable bonds is 23. The summed E-state index contributed by atoms with van der Waals surface area (Å²) in [5, 5.41) is 6.41. The standard InChI is InChI=1S/C56H75N10O10PSi/c1-34(2)28-57-53-61-49-47(51(67)63-53)59-32-65(49)45-26-41(43(73-45)30-71-56(36-16-14-13-15-17-36,37-18-22-39(69-8)23-19-37)38-20-24-40(70-9)25-21-38)75-77(10)72-31-44-42(76-78(11,12)55(5,6)7)27-46(74-44)66-33-60-48-50(66)62-54(64-52(48)68)58-29-35(3)4/h13-25,32-35,41-46H,26-31H2,1-12H3,(H2,57,61,63,67)(H2,58,62,64,68)/t41-,42-,43+,44+,45+,46+,77?/m0/s1. The third-order valence-corrected chi connectivity index (χ3v) is 20.4. The molecule has 0 radical (unpaired) electrons. The quantitative estimate of drug-likeness (QED) is 0.0266. The van der Waals surface area contributed by atoms with E-state index < -0.39 is 53.1 Å². The molecule has 2 aliphatic rings. The van der Waals surface area contributed by atoms with Gasteiger partial charge in [0.1, 0.15) is 41.8 Å². The lowest BCUT2D eigenvalue weighted by Gasteiger charge is -2.39. The van der Waals surface area contributed by atoms with Gasteiger partial charge in [0.25, 0.3) is 11.1 Å². The van der Waals surface area contributed by atoms with Crippen molar-refractivity contribution >= 4 is 50.9 Å². The third-order valence-electron chi connectivity index (χ3n) is 14.8. The van der Waals surface area contributed by atoms with E-state index in [1.165, 1.54) is 0 Å². The zero-order valence-electron chi connectivity index (χ0n) is 46.7. The number of imidazole rings is 2. The normalized spacial score (nSPS) is 20.5. The van der Waals surface area contributed by atoms with Crippen LogP contribution in [0.25, 0.3) is 22.3 Å². The Balaban J connectivity index is 1.03. The fraction of sp³-hybridized carbons (Fsp3) is 0.500. The lowest BCUT2D eigenvalue weighted by molar-refractivity contribution is -0.0908. The highest BCUT2D eigenvalue weighted by Gasteiger charge is 2.47. The Labute approximate surface area is 457 Å². The monoisotopic (exact) mass is 1110 g/mol. The summed E-state index contributed by atoms with van der Waals surface area (Å²) in [4.78, 5) is 50.9. The summed E-state index contributed by atoms with van der Waals surface area (Å²) in [6.07, 6.45) is 0.687. The van der Waals surface area contributed by atoms with E-state index in [2.05, 4.69) is 104 Å². The smallest absolute Gasteiger partial charge is 0.280 e. The van der Waals surface area contributed by atoms with Gasteiger partial charge in [-0.2, -0.15) is 9.97 Å². The van der Waals surface area contributed by atoms with Crippen LogP contribution >= 0.6 is 8.38 Å². The van der Waals surface area contributed by atoms with Crippen molar-refractivity contribution in [3.8, 4) is 11.5 Å². The van der Waals surface area contributed by atoms with Crippen molar-refractivity contribution < 1.29 is 37.2 Å². The molecular weight excluding hydrogens is 1030 g/mol. The maximum absolute atomic E-state index is 13.4. The minimum atomic E-state index is -2.34. The molecule has 0 bridgehead atoms. The summed E-state index contributed by atoms with van der Waals surface area (Å²) in [5.41, 5.74) is 1.94. The molecule has 2 fully saturated rings. The fourth-order valence-electron chi connectivity index (χ4n) is 9.56. The van der Waals surface area contributed by atoms with E-state index in [4.69, 9.17) is 47.1 Å². The molecule has 4 aromatic heterocycles. The van der Waals surface area contributed by atoms with Crippen molar-refractivity contribution in [2.75, 3.05) is 57.8 Å². The van der Waals surface area contributed by atoms with Crippen molar-refractivity contribution in [2.24, 2.45) is 11.8 Å². The van der Waals surface area contributed by atoms with Crippen molar-refractivity contribution in [1.82, 2.24) is 39.0 Å². The largest absolute Gasteiger partial charge is 0.497 e. The lowest BCUT2D eigenvalue weighted by Crippen LogP contribution is -2.46. The molecule has 20 nitrogen and oxygen atoms in total. The van der Waals surface area contributed by atoms with Gasteiger partial charge in [-0.15, -0.1) is 0 Å². The van der Waals surface area contributed by atoms with Crippen molar-refractivity contribution in [1.29, 1.82) is 0 Å². The molecule has 7 aromatic rings. The number of hydrogen-bond acceptors (Lipinski definition) is 16. The van der Waals surface area contributed by atoms with Gasteiger partial charge in [-0.05, 0) is 70.9 Å². The van der Waals surface area contributed by atoms with Crippen LogP contribution in [0.3, 0.4) is 0 Å². The molecule has 0 saturated carbocycles. The van der Waals surface area contributed by atoms with Gasteiger partial charge in [-0.25, -0.2) is 9.97 Å². The Bertz CT molecular complexity index is 3190. The zero-order valence-corrected chi connectivity index (χ0v) is 48.6. The molecule has 7 atom stereocenters. The number of nitrogens with zero attached hydrogens (tertiary/aromatic N) is 6. The Morgan fingerprint density at radius 1 is 0.692 bits per heavy atom. The van der Waals surface area contributed by atoms with Gasteiger partial charge in [0.2, 0.25) is 11.9 Å². The maximum atomic E-state index is 13.4. The second-order valence-electron chi connectivity index (χ2n) is 22.4. The minimum absolute atomic E-state index is 0.0550. The molecule has 1 unspecified atom stereocenters. The number of ether oxygens (including phenoxy) is 5. The van der Waals surface area contributed by atoms with Gasteiger partial charge in [0.15, 0.2) is 39.0 Å². The van der Waals surface area contributed by atoms with Crippen LogP contribution in [0.4, 0.5) is 11.9 Å². The van der Waals surface area contributed by atoms with Crippen molar-refractivity contribution in [3.05, 3.63) is 129 Å². The second kappa shape index (κ2) is 23.7. The number of benzene rings is 3. The molecule has 6 heterocycles. The number of methoxy groups -OCH3 is 2. The zero-order chi connectivity index (χ0) is 55.5. The van der Waals surface area contributed by atoms with Gasteiger partial charge in [-0.1, -0.05) is 103 Å². The molecule has 0 aliphatic carbocycles. The van der Waals surface area contributed by atoms with Crippen LogP contribution in [0.1, 0.15) is 90.5 Å². The van der Waals surface area contributed by atoms with Crippen LogP contribution in [0.15, 0.2) is 101 Å². The molecule has 9 rings (SSSR count). The van der Waals surface area contributed by atoms with Crippen LogP contribution in [-0.4, -0.2) is 119 Å². The van der Waals surface area contributed by atoms with Crippen LogP contribution < -0.4 is 31.2 Å². The van der Waals surface area contributed by atoms with Crippen molar-refractivity contribution in [3.63, 3.8) is 0 Å². The highest BCUT2D eigenvalue weighted by molar-refractivity contribution is 7.46. The molecule has 78 heavy (non-hydrogen) atoms. The second-order valence-corrected chi connectivity index (χ2v) is 28.5. The molecule has 3 aromatic carbocycles. The Morgan fingerprint density at radius 3 is 1.62 bits per heavy atom. The molecule has 0 amide bonds. The van der Waals surface area contributed by atoms with E-state index >= 15 is 0 Å². The van der Waals surface area contributed by atoms with E-state index in [0.29, 0.717) is 72.5 Å². The average Bonchev–Trinajstić information content (AvgIpc) is 4.28. The van der Waals surface area contributed by atoms with Gasteiger partial charge in [0, 0.05) is 32.6 Å². The van der Waals surface area contributed by atoms with E-state index in [1.807, 2.05) is 78.0 Å². The lowest BCUT2D eigenvalue weighted by atomic mass is 9.80. The predicted molar refractivity (Wildman–Crippen MR) is 304 cm³/mol. The van der Waals surface area contributed by atoms with Gasteiger partial charge in [-0.3, -0.25) is 28.7 Å². The van der Waals surface area contributed by atoms with Crippen LogP contribution in [0.2, 0.25) is 18.1 Å². The Hall–Kier alpha value is -6.03. The molecular formula is C56H75N10O10PSi. The van der Waals surface area contributed by atoms with Crippen molar-refractivity contribution in [2.45, 2.75) is 122 Å². The molecule has 2 saturated heterocycles. The van der Waals surface area contributed by atoms with E-state index in [9.17, 15) is 9.59 Å². The summed E-state index contributed by atoms with van der Waals surface area (Å²) in [5.74, 6) is 2.75. The van der Waals surface area contributed by atoms with Crippen LogP contribution in [-0.2, 0) is 33.3 Å². The number of nitrogens with one attached hydrogen (secondary N) is 4. The first-order valence-corrected chi connectivity index (χ1v) is 31.2. The van der Waals surface area contributed by atoms with Crippen LogP contribution in [0.5, 0.6) is 11.5 Å². The number of aromatic nitrogens is 8. The first kappa shape index (κ1) is 56.7. The first-order valence-electron chi connectivity index (χ1n) is 26.7. The van der Waals surface area contributed by atoms with Gasteiger partial charge < -0.3 is 47.8 Å². The van der Waals surface area contributed by atoms with E-state index in [1.54, 1.807) is 31.4 Å². The maximum Gasteiger partial charge on any atom is 0.280 e. The number of aromatic amines is 2. The fourth-order valence-corrected chi connectivity index (χ4v) is 11.9. The summed E-state index contributed by atoms with van der Waals surface area (Å²) in [6.45, 7) is 22.8. The minimum Gasteiger partial charge on any atom is -0.497 e. The number of fused-ring (bicyclic) bond motifs is 2. The molecule has 2 aliphatic heterocycles. The molecule has 4 N–H and O–H groups in total. The topological polar surface area (TPSA) is 225 Å². The Kier molecular flexibility index (Phi) is 17.3. The predicted octanol–water partition coefficient (Wildman–Crippen LogP) is 9.72. The molecule has 0 spiro atoms. The third kappa shape index (κ3) is 12.2. The summed E-state index contributed by atoms with van der Waals surface area (Å²) in [6, 6.07) is 25.8. The first-order chi connectivity index (χ1) is 37.3. The summed E-state index contributed by atoms with van der Waals surface area (Å²) in [7, 11) is -0.664.